The molecule has 0 saturated carbocycles. The number of amides is 3. The first kappa shape index (κ1) is 29.3. The van der Waals surface area contributed by atoms with Crippen molar-refractivity contribution in [1.82, 2.24) is 9.80 Å². The third kappa shape index (κ3) is 4.81. The fourth-order valence-corrected chi connectivity index (χ4v) is 7.72. The largest absolute Gasteiger partial charge is 0.394 e. The number of benzene rings is 2. The third-order valence-corrected chi connectivity index (χ3v) is 9.45. The van der Waals surface area contributed by atoms with Crippen molar-refractivity contribution in [3.63, 3.8) is 0 Å². The molecule has 1 N–H and O–H groups in total. The summed E-state index contributed by atoms with van der Waals surface area (Å²) in [5, 5.41) is 10.6. The number of rotatable bonds is 7. The van der Waals surface area contributed by atoms with Gasteiger partial charge in [0.05, 0.1) is 30.6 Å². The van der Waals surface area contributed by atoms with Crippen molar-refractivity contribution in [2.45, 2.75) is 64.4 Å². The number of aliphatic hydroxyl groups is 1. The monoisotopic (exact) mass is 583 g/mol. The van der Waals surface area contributed by atoms with E-state index < -0.39 is 35.6 Å². The smallest absolute Gasteiger partial charge is 0.253 e. The Kier molecular flexibility index (Phi) is 7.77. The van der Waals surface area contributed by atoms with E-state index in [1.54, 1.807) is 14.7 Å². The number of aliphatic hydroxyl groups excluding tert-OH is 1. The topological polar surface area (TPSA) is 90.4 Å². The molecule has 2 fully saturated rings. The summed E-state index contributed by atoms with van der Waals surface area (Å²) in [5.74, 6) is -2.22. The number of anilines is 1. The summed E-state index contributed by atoms with van der Waals surface area (Å²) in [6, 6.07) is 14.1. The van der Waals surface area contributed by atoms with E-state index in [1.807, 2.05) is 101 Å². The van der Waals surface area contributed by atoms with Gasteiger partial charge in [-0.3, -0.25) is 14.4 Å². The standard InChI is InChI=1S/C35H41N3O5/c1-22(2)19-26(21-39)38-31-34(42)37(30-23(3)11-8-12-24(30)4)18-10-16-35(31)29(33(38)41)28-27(43-35)15-9-17-36(32(28)40)20-25-13-6-5-7-14-25/h5-16,22,26-29,31,39H,17-21H2,1-4H3/t26-,27-,28+,29+,31?,35+/m1/s1. The lowest BCUT2D eigenvalue weighted by Crippen LogP contribution is -2.58. The molecule has 8 heteroatoms. The first-order chi connectivity index (χ1) is 20.7. The Balaban J connectivity index is 1.45. The first-order valence-electron chi connectivity index (χ1n) is 15.3. The Hall–Kier alpha value is -3.75. The van der Waals surface area contributed by atoms with E-state index in [1.165, 1.54) is 0 Å². The van der Waals surface area contributed by atoms with Crippen molar-refractivity contribution in [2.75, 3.05) is 24.6 Å². The molecule has 1 unspecified atom stereocenters. The molecule has 3 amide bonds. The van der Waals surface area contributed by atoms with Crippen LogP contribution in [0.2, 0.25) is 0 Å². The van der Waals surface area contributed by atoms with Crippen molar-refractivity contribution in [3.05, 3.63) is 89.5 Å². The van der Waals surface area contributed by atoms with Crippen molar-refractivity contribution in [1.29, 1.82) is 0 Å². The van der Waals surface area contributed by atoms with Gasteiger partial charge in [0.15, 0.2) is 0 Å². The van der Waals surface area contributed by atoms with Crippen molar-refractivity contribution in [2.24, 2.45) is 17.8 Å². The Morgan fingerprint density at radius 3 is 2.33 bits per heavy atom. The fraction of sp³-hybridized carbons (Fsp3) is 0.457. The number of carbonyl (C=O) groups excluding carboxylic acids is 3. The molecular formula is C35H41N3O5. The number of carbonyl (C=O) groups is 3. The van der Waals surface area contributed by atoms with Crippen LogP contribution in [0, 0.1) is 31.6 Å². The van der Waals surface area contributed by atoms with Gasteiger partial charge in [-0.2, -0.15) is 0 Å². The van der Waals surface area contributed by atoms with Crippen LogP contribution in [-0.4, -0.2) is 76.1 Å². The molecule has 4 aliphatic heterocycles. The molecule has 8 nitrogen and oxygen atoms in total. The second-order valence-corrected chi connectivity index (χ2v) is 12.8. The maximum absolute atomic E-state index is 14.8. The molecular weight excluding hydrogens is 542 g/mol. The molecule has 0 aromatic heterocycles. The molecule has 0 radical (unpaired) electrons. The summed E-state index contributed by atoms with van der Waals surface area (Å²) in [4.78, 5) is 48.9. The zero-order valence-electron chi connectivity index (χ0n) is 25.3. The van der Waals surface area contributed by atoms with Gasteiger partial charge in [0.2, 0.25) is 11.8 Å². The van der Waals surface area contributed by atoms with Gasteiger partial charge in [-0.25, -0.2) is 0 Å². The molecule has 6 rings (SSSR count). The van der Waals surface area contributed by atoms with Gasteiger partial charge in [0, 0.05) is 25.3 Å². The van der Waals surface area contributed by atoms with Crippen LogP contribution in [0.1, 0.15) is 37.0 Å². The minimum Gasteiger partial charge on any atom is -0.394 e. The highest BCUT2D eigenvalue weighted by atomic mass is 16.5. The number of para-hydroxylation sites is 1. The van der Waals surface area contributed by atoms with E-state index >= 15 is 0 Å². The average molecular weight is 584 g/mol. The summed E-state index contributed by atoms with van der Waals surface area (Å²) < 4.78 is 6.81. The van der Waals surface area contributed by atoms with Crippen LogP contribution in [0.4, 0.5) is 5.69 Å². The lowest BCUT2D eigenvalue weighted by atomic mass is 9.77. The molecule has 0 aliphatic carbocycles. The minimum atomic E-state index is -1.34. The predicted molar refractivity (Wildman–Crippen MR) is 164 cm³/mol. The maximum atomic E-state index is 14.8. The Bertz CT molecular complexity index is 1450. The highest BCUT2D eigenvalue weighted by Crippen LogP contribution is 2.54. The molecule has 2 aromatic carbocycles. The minimum absolute atomic E-state index is 0.157. The van der Waals surface area contributed by atoms with Gasteiger partial charge in [-0.15, -0.1) is 0 Å². The molecule has 2 aromatic rings. The van der Waals surface area contributed by atoms with Crippen LogP contribution < -0.4 is 4.90 Å². The lowest BCUT2D eigenvalue weighted by molar-refractivity contribution is -0.147. The molecule has 4 heterocycles. The van der Waals surface area contributed by atoms with Gasteiger partial charge in [-0.1, -0.05) is 86.7 Å². The van der Waals surface area contributed by atoms with E-state index in [9.17, 15) is 19.5 Å². The molecule has 6 atom stereocenters. The number of fused-ring (bicyclic) bond motifs is 2. The zero-order valence-corrected chi connectivity index (χ0v) is 25.3. The van der Waals surface area contributed by atoms with Gasteiger partial charge in [0.1, 0.15) is 11.6 Å². The maximum Gasteiger partial charge on any atom is 0.253 e. The van der Waals surface area contributed by atoms with Gasteiger partial charge >= 0.3 is 0 Å². The summed E-state index contributed by atoms with van der Waals surface area (Å²) in [6.07, 6.45) is 7.47. The predicted octanol–water partition coefficient (Wildman–Crippen LogP) is 3.79. The zero-order chi connectivity index (χ0) is 30.5. The fourth-order valence-electron chi connectivity index (χ4n) is 7.72. The number of ether oxygens (including phenoxy) is 1. The van der Waals surface area contributed by atoms with E-state index in [2.05, 4.69) is 0 Å². The van der Waals surface area contributed by atoms with E-state index in [0.29, 0.717) is 26.1 Å². The Labute approximate surface area is 253 Å². The quantitative estimate of drug-likeness (QED) is 0.501. The molecule has 43 heavy (non-hydrogen) atoms. The van der Waals surface area contributed by atoms with Crippen LogP contribution in [0.5, 0.6) is 0 Å². The lowest BCUT2D eigenvalue weighted by Gasteiger charge is -2.39. The molecule has 226 valence electrons. The SMILES string of the molecule is Cc1cccc(C)c1N1CC=C[C@]23O[C@@H]4C=CCN(Cc5ccccc5)C(=O)[C@@H]4[C@H]2C(=O)N([C@@H](CO)CC(C)C)C3C1=O. The van der Waals surface area contributed by atoms with E-state index in [4.69, 9.17) is 4.74 Å². The summed E-state index contributed by atoms with van der Waals surface area (Å²) in [6.45, 7) is 8.87. The summed E-state index contributed by atoms with van der Waals surface area (Å²) in [5.41, 5.74) is 2.39. The average Bonchev–Trinajstić information content (AvgIpc) is 3.31. The van der Waals surface area contributed by atoms with Crippen LogP contribution in [0.3, 0.4) is 0 Å². The number of hydrogen-bond acceptors (Lipinski definition) is 5. The number of hydrogen-bond donors (Lipinski definition) is 1. The molecule has 4 aliphatic rings. The summed E-state index contributed by atoms with van der Waals surface area (Å²) in [7, 11) is 0. The van der Waals surface area contributed by atoms with Crippen molar-refractivity contribution in [3.8, 4) is 0 Å². The second kappa shape index (κ2) is 11.4. The molecule has 0 bridgehead atoms. The Morgan fingerprint density at radius 1 is 0.930 bits per heavy atom. The highest BCUT2D eigenvalue weighted by molar-refractivity contribution is 6.06. The normalized spacial score (nSPS) is 29.1. The number of nitrogens with zero attached hydrogens (tertiary/aromatic N) is 3. The summed E-state index contributed by atoms with van der Waals surface area (Å²) >= 11 is 0. The van der Waals surface area contributed by atoms with Gasteiger partial charge < -0.3 is 24.5 Å². The first-order valence-corrected chi connectivity index (χ1v) is 15.3. The van der Waals surface area contributed by atoms with Crippen LogP contribution in [-0.2, 0) is 25.7 Å². The van der Waals surface area contributed by atoms with Gasteiger partial charge in [0.25, 0.3) is 5.91 Å². The van der Waals surface area contributed by atoms with Crippen molar-refractivity contribution >= 4 is 23.4 Å². The number of likely N-dealkylation sites (tertiary alicyclic amines) is 1. The Morgan fingerprint density at radius 2 is 1.65 bits per heavy atom. The van der Waals surface area contributed by atoms with E-state index in [-0.39, 0.29) is 30.2 Å². The molecule has 1 spiro atoms. The van der Waals surface area contributed by atoms with Crippen molar-refractivity contribution < 1.29 is 24.2 Å². The third-order valence-electron chi connectivity index (χ3n) is 9.45. The second-order valence-electron chi connectivity index (χ2n) is 12.8. The van der Waals surface area contributed by atoms with Crippen LogP contribution in [0.15, 0.2) is 72.8 Å². The van der Waals surface area contributed by atoms with E-state index in [0.717, 1.165) is 22.4 Å². The van der Waals surface area contributed by atoms with Crippen LogP contribution >= 0.6 is 0 Å². The van der Waals surface area contributed by atoms with Crippen LogP contribution in [0.25, 0.3) is 0 Å². The number of aryl methyl sites for hydroxylation is 2. The van der Waals surface area contributed by atoms with Gasteiger partial charge in [-0.05, 0) is 42.9 Å². The molecule has 2 saturated heterocycles. The highest BCUT2D eigenvalue weighted by Gasteiger charge is 2.72.